The smallest absolute Gasteiger partial charge is 0.336 e. The molecule has 26 heavy (non-hydrogen) atoms. The monoisotopic (exact) mass is 359 g/mol. The number of allylic oxidation sites excluding steroid dienone is 1. The second-order valence-corrected chi connectivity index (χ2v) is 6.43. The summed E-state index contributed by atoms with van der Waals surface area (Å²) in [5.74, 6) is -1.57. The van der Waals surface area contributed by atoms with Gasteiger partial charge in [0.15, 0.2) is 0 Å². The van der Waals surface area contributed by atoms with E-state index in [1.807, 2.05) is 0 Å². The van der Waals surface area contributed by atoms with Gasteiger partial charge in [-0.15, -0.1) is 0 Å². The fourth-order valence-electron chi connectivity index (χ4n) is 3.39. The molecule has 1 aliphatic rings. The highest BCUT2D eigenvalue weighted by atomic mass is 16.5. The number of benzene rings is 1. The molecule has 0 saturated carbocycles. The van der Waals surface area contributed by atoms with E-state index < -0.39 is 23.3 Å². The van der Waals surface area contributed by atoms with Gasteiger partial charge in [0.2, 0.25) is 0 Å². The molecule has 0 radical (unpaired) electrons. The van der Waals surface area contributed by atoms with Gasteiger partial charge in [-0.2, -0.15) is 0 Å². The van der Waals surface area contributed by atoms with E-state index in [9.17, 15) is 14.4 Å². The highest BCUT2D eigenvalue weighted by molar-refractivity contribution is 5.95. The number of hydrogen-bond donors (Lipinski definition) is 1. The second-order valence-electron chi connectivity index (χ2n) is 6.43. The fourth-order valence-corrected chi connectivity index (χ4v) is 3.39. The maximum Gasteiger partial charge on any atom is 0.336 e. The van der Waals surface area contributed by atoms with Crippen molar-refractivity contribution in [2.45, 2.75) is 33.6 Å². The SMILES string of the molecule is CCOC(=O)C1=C(C)NCC(C)(C(=O)OCC)C1c1ccccc1C=O. The second kappa shape index (κ2) is 8.17. The molecule has 0 aliphatic carbocycles. The third-order valence-corrected chi connectivity index (χ3v) is 4.72. The summed E-state index contributed by atoms with van der Waals surface area (Å²) >= 11 is 0. The molecule has 140 valence electrons. The zero-order valence-corrected chi connectivity index (χ0v) is 15.6. The van der Waals surface area contributed by atoms with Gasteiger partial charge in [0.25, 0.3) is 0 Å². The lowest BCUT2D eigenvalue weighted by molar-refractivity contribution is -0.156. The van der Waals surface area contributed by atoms with E-state index in [1.165, 1.54) is 0 Å². The zero-order chi connectivity index (χ0) is 19.3. The molecule has 6 heteroatoms. The Morgan fingerprint density at radius 3 is 2.50 bits per heavy atom. The van der Waals surface area contributed by atoms with E-state index in [4.69, 9.17) is 9.47 Å². The summed E-state index contributed by atoms with van der Waals surface area (Å²) in [6.45, 7) is 7.71. The van der Waals surface area contributed by atoms with Gasteiger partial charge < -0.3 is 14.8 Å². The van der Waals surface area contributed by atoms with Crippen LogP contribution in [0.2, 0.25) is 0 Å². The first-order chi connectivity index (χ1) is 12.4. The van der Waals surface area contributed by atoms with E-state index in [0.29, 0.717) is 28.9 Å². The van der Waals surface area contributed by atoms with E-state index in [2.05, 4.69) is 5.32 Å². The Balaban J connectivity index is 2.71. The summed E-state index contributed by atoms with van der Waals surface area (Å²) in [5.41, 5.74) is 0.974. The molecule has 0 spiro atoms. The van der Waals surface area contributed by atoms with Crippen LogP contribution in [0.15, 0.2) is 35.5 Å². The van der Waals surface area contributed by atoms with Gasteiger partial charge >= 0.3 is 11.9 Å². The van der Waals surface area contributed by atoms with Crippen LogP contribution >= 0.6 is 0 Å². The average molecular weight is 359 g/mol. The van der Waals surface area contributed by atoms with Crippen LogP contribution in [0.3, 0.4) is 0 Å². The standard InChI is InChI=1S/C20H25NO5/c1-5-25-18(23)16-13(3)21-12-20(4,19(24)26-6-2)17(16)15-10-8-7-9-14(15)11-22/h7-11,17,21H,5-6,12H2,1-4H3. The molecule has 0 saturated heterocycles. The number of aldehydes is 1. The number of ether oxygens (including phenoxy) is 2. The quantitative estimate of drug-likeness (QED) is 0.621. The van der Waals surface area contributed by atoms with Crippen molar-refractivity contribution < 1.29 is 23.9 Å². The molecule has 1 aliphatic heterocycles. The van der Waals surface area contributed by atoms with Gasteiger partial charge in [-0.25, -0.2) is 4.79 Å². The van der Waals surface area contributed by atoms with Crippen molar-refractivity contribution in [2.75, 3.05) is 19.8 Å². The number of carbonyl (C=O) groups excluding carboxylic acids is 3. The van der Waals surface area contributed by atoms with Crippen molar-refractivity contribution in [2.24, 2.45) is 5.41 Å². The van der Waals surface area contributed by atoms with Crippen molar-refractivity contribution in [1.82, 2.24) is 5.32 Å². The van der Waals surface area contributed by atoms with E-state index >= 15 is 0 Å². The predicted molar refractivity (Wildman–Crippen MR) is 96.6 cm³/mol. The van der Waals surface area contributed by atoms with Crippen LogP contribution in [-0.4, -0.2) is 38.0 Å². The van der Waals surface area contributed by atoms with E-state index in [1.54, 1.807) is 52.0 Å². The largest absolute Gasteiger partial charge is 0.465 e. The fraction of sp³-hybridized carbons (Fsp3) is 0.450. The summed E-state index contributed by atoms with van der Waals surface area (Å²) in [4.78, 5) is 37.1. The normalized spacial score (nSPS) is 22.4. The minimum atomic E-state index is -1.06. The van der Waals surface area contributed by atoms with Crippen LogP contribution in [0, 0.1) is 5.41 Å². The van der Waals surface area contributed by atoms with Gasteiger partial charge in [-0.1, -0.05) is 24.3 Å². The number of esters is 2. The van der Waals surface area contributed by atoms with Crippen LogP contribution in [0.1, 0.15) is 49.5 Å². The summed E-state index contributed by atoms with van der Waals surface area (Å²) in [6, 6.07) is 6.97. The summed E-state index contributed by atoms with van der Waals surface area (Å²) < 4.78 is 10.5. The molecule has 2 unspecified atom stereocenters. The molecule has 0 bridgehead atoms. The Labute approximate surface area is 153 Å². The van der Waals surface area contributed by atoms with Gasteiger partial charge in [-0.05, 0) is 33.3 Å². The Morgan fingerprint density at radius 1 is 1.23 bits per heavy atom. The average Bonchev–Trinajstić information content (AvgIpc) is 2.63. The first-order valence-electron chi connectivity index (χ1n) is 8.73. The highest BCUT2D eigenvalue weighted by Gasteiger charge is 2.50. The van der Waals surface area contributed by atoms with Crippen LogP contribution in [0.5, 0.6) is 0 Å². The van der Waals surface area contributed by atoms with Crippen LogP contribution < -0.4 is 5.32 Å². The van der Waals surface area contributed by atoms with E-state index in [-0.39, 0.29) is 13.2 Å². The van der Waals surface area contributed by atoms with Crippen molar-refractivity contribution in [3.05, 3.63) is 46.7 Å². The molecule has 0 amide bonds. The summed E-state index contributed by atoms with van der Waals surface area (Å²) in [7, 11) is 0. The number of hydrogen-bond acceptors (Lipinski definition) is 6. The lowest BCUT2D eigenvalue weighted by atomic mass is 9.66. The van der Waals surface area contributed by atoms with Crippen LogP contribution in [-0.2, 0) is 19.1 Å². The molecule has 1 heterocycles. The molecule has 1 N–H and O–H groups in total. The Morgan fingerprint density at radius 2 is 1.88 bits per heavy atom. The topological polar surface area (TPSA) is 81.7 Å². The molecular formula is C20H25NO5. The van der Waals surface area contributed by atoms with Gasteiger partial charge in [0.05, 0.1) is 24.2 Å². The van der Waals surface area contributed by atoms with Crippen LogP contribution in [0.25, 0.3) is 0 Å². The molecular weight excluding hydrogens is 334 g/mol. The van der Waals surface area contributed by atoms with Crippen molar-refractivity contribution in [3.8, 4) is 0 Å². The Hall–Kier alpha value is -2.63. The molecule has 2 rings (SSSR count). The van der Waals surface area contributed by atoms with Gasteiger partial charge in [0.1, 0.15) is 6.29 Å². The Kier molecular flexibility index (Phi) is 6.18. The van der Waals surface area contributed by atoms with Gasteiger partial charge in [-0.3, -0.25) is 9.59 Å². The zero-order valence-electron chi connectivity index (χ0n) is 15.6. The van der Waals surface area contributed by atoms with Crippen molar-refractivity contribution >= 4 is 18.2 Å². The number of nitrogens with one attached hydrogen (secondary N) is 1. The third-order valence-electron chi connectivity index (χ3n) is 4.72. The van der Waals surface area contributed by atoms with Gasteiger partial charge in [0, 0.05) is 23.7 Å². The first kappa shape index (κ1) is 19.7. The van der Waals surface area contributed by atoms with E-state index in [0.717, 1.165) is 6.29 Å². The lowest BCUT2D eigenvalue weighted by Crippen LogP contribution is -2.50. The number of carbonyl (C=O) groups is 3. The van der Waals surface area contributed by atoms with Crippen LogP contribution in [0.4, 0.5) is 0 Å². The maximum absolute atomic E-state index is 12.8. The predicted octanol–water partition coefficient (Wildman–Crippen LogP) is 2.59. The molecule has 1 aromatic rings. The summed E-state index contributed by atoms with van der Waals surface area (Å²) in [6.07, 6.45) is 0.737. The minimum absolute atomic E-state index is 0.216. The molecule has 6 nitrogen and oxygen atoms in total. The number of rotatable bonds is 6. The van der Waals surface area contributed by atoms with Crippen molar-refractivity contribution in [3.63, 3.8) is 0 Å². The molecule has 1 aromatic carbocycles. The lowest BCUT2D eigenvalue weighted by Gasteiger charge is -2.41. The van der Waals surface area contributed by atoms with Crippen molar-refractivity contribution in [1.29, 1.82) is 0 Å². The minimum Gasteiger partial charge on any atom is -0.465 e. The first-order valence-corrected chi connectivity index (χ1v) is 8.73. The highest BCUT2D eigenvalue weighted by Crippen LogP contribution is 2.46. The third kappa shape index (κ3) is 3.49. The molecule has 2 atom stereocenters. The summed E-state index contributed by atoms with van der Waals surface area (Å²) in [5, 5.41) is 3.13. The maximum atomic E-state index is 12.8. The molecule has 0 aromatic heterocycles. The Bertz CT molecular complexity index is 739. The molecule has 0 fully saturated rings.